The molecule has 2 aromatic carbocycles. The lowest BCUT2D eigenvalue weighted by atomic mass is 10.2. The molecule has 0 N–H and O–H groups in total. The van der Waals surface area contributed by atoms with Crippen molar-refractivity contribution in [2.24, 2.45) is 0 Å². The van der Waals surface area contributed by atoms with Crippen molar-refractivity contribution in [2.45, 2.75) is 13.1 Å². The van der Waals surface area contributed by atoms with E-state index < -0.39 is 0 Å². The molecule has 0 heterocycles. The summed E-state index contributed by atoms with van der Waals surface area (Å²) in [5, 5.41) is 0. The second-order valence-corrected chi connectivity index (χ2v) is 7.30. The molecule has 0 aliphatic rings. The number of hydrogen-bond donors (Lipinski definition) is 0. The van der Waals surface area contributed by atoms with Gasteiger partial charge in [-0.05, 0) is 0 Å². The van der Waals surface area contributed by atoms with Crippen LogP contribution in [0.1, 0.15) is 11.1 Å². The molecule has 0 saturated carbocycles. The first-order chi connectivity index (χ1) is 9.86. The molecule has 0 atom stereocenters. The van der Waals surface area contributed by atoms with E-state index in [1.165, 1.54) is 11.1 Å². The summed E-state index contributed by atoms with van der Waals surface area (Å²) < 4.78 is 1.98. The van der Waals surface area contributed by atoms with Gasteiger partial charge < -0.3 is 34.0 Å². The summed E-state index contributed by atoms with van der Waals surface area (Å²) in [6.07, 6.45) is 0. The highest BCUT2D eigenvalue weighted by molar-refractivity contribution is 5.14. The number of rotatable bonds is 6. The fraction of sp³-hybridized carbons (Fsp3) is 0.368. The zero-order valence-electron chi connectivity index (χ0n) is 14.5. The first-order valence-electron chi connectivity index (χ1n) is 7.58. The molecule has 0 saturated heterocycles. The first kappa shape index (κ1) is 22.3. The van der Waals surface area contributed by atoms with Crippen molar-refractivity contribution < 1.29 is 42.9 Å². The fourth-order valence-corrected chi connectivity index (χ4v) is 3.29. The standard InChI is InChI=1S/C19H28N2.2BrH/c1-20(2,15-18-11-7-5-8-12-18)17-21(3,4)16-19-13-9-6-10-14-19;;/h5-14H,15-17H2,1-4H3;2*1H/q+2;;/p-2. The lowest BCUT2D eigenvalue weighted by Gasteiger charge is -2.38. The summed E-state index contributed by atoms with van der Waals surface area (Å²) in [6.45, 7) is 3.23. The van der Waals surface area contributed by atoms with E-state index >= 15 is 0 Å². The Hall–Kier alpha value is -0.680. The molecule has 0 spiro atoms. The zero-order valence-corrected chi connectivity index (χ0v) is 17.7. The van der Waals surface area contributed by atoms with Gasteiger partial charge in [0, 0.05) is 11.1 Å². The van der Waals surface area contributed by atoms with Crippen molar-refractivity contribution >= 4 is 0 Å². The Labute approximate surface area is 162 Å². The van der Waals surface area contributed by atoms with Gasteiger partial charge in [-0.15, -0.1) is 0 Å². The minimum absolute atomic E-state index is 0. The van der Waals surface area contributed by atoms with Crippen molar-refractivity contribution in [1.82, 2.24) is 0 Å². The third-order valence-corrected chi connectivity index (χ3v) is 3.67. The van der Waals surface area contributed by atoms with Gasteiger partial charge in [0.05, 0.1) is 28.2 Å². The lowest BCUT2D eigenvalue weighted by molar-refractivity contribution is -1.08. The molecular weight excluding hydrogens is 416 g/mol. The van der Waals surface area contributed by atoms with Gasteiger partial charge in [0.1, 0.15) is 13.1 Å². The van der Waals surface area contributed by atoms with Crippen molar-refractivity contribution in [3.63, 3.8) is 0 Å². The fourth-order valence-electron chi connectivity index (χ4n) is 3.29. The van der Waals surface area contributed by atoms with Crippen molar-refractivity contribution in [3.8, 4) is 0 Å². The summed E-state index contributed by atoms with van der Waals surface area (Å²) in [5.74, 6) is 0. The van der Waals surface area contributed by atoms with Crippen LogP contribution in [0.25, 0.3) is 0 Å². The molecule has 0 bridgehead atoms. The van der Waals surface area contributed by atoms with Crippen molar-refractivity contribution in [1.29, 1.82) is 0 Å². The highest BCUT2D eigenvalue weighted by Crippen LogP contribution is 2.16. The van der Waals surface area contributed by atoms with Crippen LogP contribution in [-0.4, -0.2) is 43.8 Å². The average Bonchev–Trinajstić information content (AvgIpc) is 2.38. The van der Waals surface area contributed by atoms with Crippen LogP contribution in [0.2, 0.25) is 0 Å². The Morgan fingerprint density at radius 3 is 1.17 bits per heavy atom. The van der Waals surface area contributed by atoms with Gasteiger partial charge in [0.15, 0.2) is 0 Å². The quantitative estimate of drug-likeness (QED) is 0.342. The number of hydrogen-bond acceptors (Lipinski definition) is 0. The number of benzene rings is 2. The van der Waals surface area contributed by atoms with Gasteiger partial charge >= 0.3 is 0 Å². The number of nitrogens with zero attached hydrogens (tertiary/aromatic N) is 2. The Bertz CT molecular complexity index is 503. The summed E-state index contributed by atoms with van der Waals surface area (Å²) >= 11 is 0. The van der Waals surface area contributed by atoms with E-state index in [4.69, 9.17) is 0 Å². The molecule has 2 nitrogen and oxygen atoms in total. The molecule has 2 rings (SSSR count). The van der Waals surface area contributed by atoms with E-state index in [0.29, 0.717) is 0 Å². The van der Waals surface area contributed by atoms with Crippen LogP contribution in [0.4, 0.5) is 0 Å². The van der Waals surface area contributed by atoms with Crippen LogP contribution in [-0.2, 0) is 13.1 Å². The van der Waals surface area contributed by atoms with Crippen molar-refractivity contribution in [3.05, 3.63) is 71.8 Å². The van der Waals surface area contributed by atoms with Crippen LogP contribution in [0.15, 0.2) is 60.7 Å². The Morgan fingerprint density at radius 2 is 0.870 bits per heavy atom. The maximum Gasteiger partial charge on any atom is 0.207 e. The minimum Gasteiger partial charge on any atom is -1.00 e. The van der Waals surface area contributed by atoms with Crippen molar-refractivity contribution in [2.75, 3.05) is 34.9 Å². The molecule has 4 heteroatoms. The predicted octanol–water partition coefficient (Wildman–Crippen LogP) is -2.49. The third kappa shape index (κ3) is 8.11. The second kappa shape index (κ2) is 9.58. The molecule has 0 unspecified atom stereocenters. The highest BCUT2D eigenvalue weighted by atomic mass is 79.9. The molecule has 0 radical (unpaired) electrons. The van der Waals surface area contributed by atoms with E-state index in [1.807, 2.05) is 0 Å². The minimum atomic E-state index is 0. The molecule has 0 aromatic heterocycles. The normalized spacial score (nSPS) is 11.3. The largest absolute Gasteiger partial charge is 1.00 e. The first-order valence-corrected chi connectivity index (χ1v) is 7.58. The summed E-state index contributed by atoms with van der Waals surface area (Å²) in [7, 11) is 9.27. The molecule has 0 aliphatic heterocycles. The molecule has 2 aromatic rings. The van der Waals surface area contributed by atoms with Crippen LogP contribution < -0.4 is 34.0 Å². The van der Waals surface area contributed by atoms with Crippen LogP contribution in [0, 0.1) is 0 Å². The van der Waals surface area contributed by atoms with Crippen LogP contribution >= 0.6 is 0 Å². The topological polar surface area (TPSA) is 0 Å². The molecule has 0 fully saturated rings. The van der Waals surface area contributed by atoms with E-state index in [9.17, 15) is 0 Å². The van der Waals surface area contributed by atoms with E-state index in [1.54, 1.807) is 0 Å². The van der Waals surface area contributed by atoms with Gasteiger partial charge in [-0.25, -0.2) is 0 Å². The van der Waals surface area contributed by atoms with E-state index in [-0.39, 0.29) is 34.0 Å². The predicted molar refractivity (Wildman–Crippen MR) is 89.4 cm³/mol. The molecular formula is C19H28Br2N2. The summed E-state index contributed by atoms with van der Waals surface area (Å²) in [6, 6.07) is 21.5. The Kier molecular flexibility index (Phi) is 9.29. The summed E-state index contributed by atoms with van der Waals surface area (Å²) in [5.41, 5.74) is 2.81. The molecule has 23 heavy (non-hydrogen) atoms. The smallest absolute Gasteiger partial charge is 0.207 e. The maximum atomic E-state index is 2.32. The zero-order chi connectivity index (χ0) is 15.3. The highest BCUT2D eigenvalue weighted by Gasteiger charge is 2.27. The molecule has 0 aliphatic carbocycles. The Morgan fingerprint density at radius 1 is 0.565 bits per heavy atom. The lowest BCUT2D eigenvalue weighted by Crippen LogP contribution is -3.00. The van der Waals surface area contributed by atoms with E-state index in [2.05, 4.69) is 88.9 Å². The van der Waals surface area contributed by atoms with Crippen LogP contribution in [0.5, 0.6) is 0 Å². The SMILES string of the molecule is C[N+](C)(Cc1ccccc1)C[N+](C)(C)Cc1ccccc1.[Br-].[Br-]. The monoisotopic (exact) mass is 442 g/mol. The van der Waals surface area contributed by atoms with Gasteiger partial charge in [0.25, 0.3) is 0 Å². The van der Waals surface area contributed by atoms with Crippen LogP contribution in [0.3, 0.4) is 0 Å². The average molecular weight is 444 g/mol. The Balaban J connectivity index is 0.00000242. The third-order valence-electron chi connectivity index (χ3n) is 3.67. The van der Waals surface area contributed by atoms with Gasteiger partial charge in [0.2, 0.25) is 6.67 Å². The number of halogens is 2. The van der Waals surface area contributed by atoms with E-state index in [0.717, 1.165) is 28.7 Å². The second-order valence-electron chi connectivity index (χ2n) is 7.30. The summed E-state index contributed by atoms with van der Waals surface area (Å²) in [4.78, 5) is 0. The van der Waals surface area contributed by atoms with Gasteiger partial charge in [-0.3, -0.25) is 8.97 Å². The van der Waals surface area contributed by atoms with Gasteiger partial charge in [-0.2, -0.15) is 0 Å². The number of quaternary nitrogens is 2. The molecule has 128 valence electrons. The van der Waals surface area contributed by atoms with Gasteiger partial charge in [-0.1, -0.05) is 60.7 Å². The molecule has 0 amide bonds. The maximum absolute atomic E-state index is 2.32.